The first-order valence-electron chi connectivity index (χ1n) is 6.97. The highest BCUT2D eigenvalue weighted by atomic mass is 32.2. The van der Waals surface area contributed by atoms with Gasteiger partial charge in [-0.05, 0) is 32.0 Å². The maximum Gasteiger partial charge on any atom is 0.279 e. The molecule has 0 bridgehead atoms. The zero-order valence-electron chi connectivity index (χ0n) is 12.0. The molecule has 1 aliphatic carbocycles. The zero-order chi connectivity index (χ0) is 14.6. The molecule has 1 fully saturated rings. The highest BCUT2D eigenvalue weighted by molar-refractivity contribution is 7.87. The van der Waals surface area contributed by atoms with E-state index in [-0.39, 0.29) is 6.04 Å². The fourth-order valence-electron chi connectivity index (χ4n) is 2.27. The molecule has 20 heavy (non-hydrogen) atoms. The summed E-state index contributed by atoms with van der Waals surface area (Å²) in [6, 6.07) is 10.1. The van der Waals surface area contributed by atoms with Crippen molar-refractivity contribution in [3.63, 3.8) is 0 Å². The summed E-state index contributed by atoms with van der Waals surface area (Å²) in [5.41, 5.74) is 1.21. The molecule has 2 atom stereocenters. The van der Waals surface area contributed by atoms with Crippen LogP contribution in [0.1, 0.15) is 24.3 Å². The monoisotopic (exact) mass is 297 g/mol. The van der Waals surface area contributed by atoms with Crippen LogP contribution in [0.4, 0.5) is 0 Å². The summed E-state index contributed by atoms with van der Waals surface area (Å²) in [6.45, 7) is 1.34. The first-order chi connectivity index (χ1) is 9.54. The standard InChI is InChI=1S/C14H23N3O2S/c1-15-9-6-10-17(2)20(18,19)16-14-11-13(14)12-7-4-3-5-8-12/h3-5,7-8,13-16H,6,9-11H2,1-2H3. The minimum Gasteiger partial charge on any atom is -0.320 e. The van der Waals surface area contributed by atoms with Crippen molar-refractivity contribution in [1.29, 1.82) is 0 Å². The predicted molar refractivity (Wildman–Crippen MR) is 80.8 cm³/mol. The average Bonchev–Trinajstić information content (AvgIpc) is 3.18. The van der Waals surface area contributed by atoms with Crippen molar-refractivity contribution >= 4 is 10.2 Å². The van der Waals surface area contributed by atoms with Gasteiger partial charge in [-0.2, -0.15) is 17.4 Å². The van der Waals surface area contributed by atoms with Crippen molar-refractivity contribution in [2.75, 3.05) is 27.2 Å². The summed E-state index contributed by atoms with van der Waals surface area (Å²) < 4.78 is 28.5. The maximum absolute atomic E-state index is 12.1. The highest BCUT2D eigenvalue weighted by Gasteiger charge is 2.41. The van der Waals surface area contributed by atoms with Crippen LogP contribution in [0.5, 0.6) is 0 Å². The topological polar surface area (TPSA) is 61.4 Å². The van der Waals surface area contributed by atoms with E-state index in [4.69, 9.17) is 0 Å². The molecule has 0 aromatic heterocycles. The molecule has 0 spiro atoms. The predicted octanol–water partition coefficient (Wildman–Crippen LogP) is 0.918. The van der Waals surface area contributed by atoms with E-state index in [2.05, 4.69) is 22.2 Å². The van der Waals surface area contributed by atoms with Crippen LogP contribution in [0, 0.1) is 0 Å². The molecular weight excluding hydrogens is 274 g/mol. The van der Waals surface area contributed by atoms with Crippen LogP contribution in [0.3, 0.4) is 0 Å². The maximum atomic E-state index is 12.1. The van der Waals surface area contributed by atoms with Gasteiger partial charge in [0.15, 0.2) is 0 Å². The number of nitrogens with one attached hydrogen (secondary N) is 2. The number of hydrogen-bond acceptors (Lipinski definition) is 3. The summed E-state index contributed by atoms with van der Waals surface area (Å²) in [5.74, 6) is 0.316. The van der Waals surface area contributed by atoms with Crippen LogP contribution in [0.25, 0.3) is 0 Å². The van der Waals surface area contributed by atoms with Gasteiger partial charge >= 0.3 is 0 Å². The average molecular weight is 297 g/mol. The third kappa shape index (κ3) is 4.02. The lowest BCUT2D eigenvalue weighted by atomic mass is 10.1. The van der Waals surface area contributed by atoms with Crippen LogP contribution in [0.15, 0.2) is 30.3 Å². The Morgan fingerprint density at radius 1 is 1.30 bits per heavy atom. The molecule has 0 saturated heterocycles. The Morgan fingerprint density at radius 3 is 2.65 bits per heavy atom. The van der Waals surface area contributed by atoms with Crippen molar-refractivity contribution < 1.29 is 8.42 Å². The van der Waals surface area contributed by atoms with Crippen LogP contribution >= 0.6 is 0 Å². The molecule has 1 aromatic carbocycles. The van der Waals surface area contributed by atoms with Crippen LogP contribution < -0.4 is 10.0 Å². The molecule has 0 heterocycles. The van der Waals surface area contributed by atoms with E-state index >= 15 is 0 Å². The van der Waals surface area contributed by atoms with E-state index in [0.717, 1.165) is 19.4 Å². The largest absolute Gasteiger partial charge is 0.320 e. The van der Waals surface area contributed by atoms with Gasteiger partial charge in [-0.15, -0.1) is 0 Å². The second-order valence-electron chi connectivity index (χ2n) is 5.26. The summed E-state index contributed by atoms with van der Waals surface area (Å²) in [7, 11) is 0.123. The molecule has 0 radical (unpaired) electrons. The van der Waals surface area contributed by atoms with E-state index in [1.807, 2.05) is 25.2 Å². The molecule has 5 nitrogen and oxygen atoms in total. The Labute approximate surface area is 121 Å². The smallest absolute Gasteiger partial charge is 0.279 e. The Kier molecular flexibility index (Phi) is 5.15. The van der Waals surface area contributed by atoms with E-state index < -0.39 is 10.2 Å². The lowest BCUT2D eigenvalue weighted by Gasteiger charge is -2.17. The van der Waals surface area contributed by atoms with Gasteiger partial charge in [-0.25, -0.2) is 0 Å². The van der Waals surface area contributed by atoms with Gasteiger partial charge in [-0.1, -0.05) is 30.3 Å². The fraction of sp³-hybridized carbons (Fsp3) is 0.571. The normalized spacial score (nSPS) is 22.1. The lowest BCUT2D eigenvalue weighted by molar-refractivity contribution is 0.447. The summed E-state index contributed by atoms with van der Waals surface area (Å²) >= 11 is 0. The molecule has 2 N–H and O–H groups in total. The molecule has 2 rings (SSSR count). The molecule has 6 heteroatoms. The van der Waals surface area contributed by atoms with Gasteiger partial charge < -0.3 is 5.32 Å². The second-order valence-corrected chi connectivity index (χ2v) is 7.07. The second kappa shape index (κ2) is 6.67. The number of rotatable bonds is 8. The highest BCUT2D eigenvalue weighted by Crippen LogP contribution is 2.41. The lowest BCUT2D eigenvalue weighted by Crippen LogP contribution is -2.40. The van der Waals surface area contributed by atoms with E-state index in [9.17, 15) is 8.42 Å². The van der Waals surface area contributed by atoms with Crippen LogP contribution in [0.2, 0.25) is 0 Å². The van der Waals surface area contributed by atoms with Gasteiger partial charge in [0.25, 0.3) is 10.2 Å². The number of benzene rings is 1. The molecule has 1 aromatic rings. The summed E-state index contributed by atoms with van der Waals surface area (Å²) in [4.78, 5) is 0. The first-order valence-corrected chi connectivity index (χ1v) is 8.41. The van der Waals surface area contributed by atoms with E-state index in [1.54, 1.807) is 7.05 Å². The van der Waals surface area contributed by atoms with Gasteiger partial charge in [0.05, 0.1) is 0 Å². The number of nitrogens with zero attached hydrogens (tertiary/aromatic N) is 1. The van der Waals surface area contributed by atoms with Crippen molar-refractivity contribution in [2.45, 2.75) is 24.8 Å². The van der Waals surface area contributed by atoms with Gasteiger partial charge in [0, 0.05) is 25.6 Å². The Bertz CT molecular complexity index is 518. The van der Waals surface area contributed by atoms with E-state index in [1.165, 1.54) is 9.87 Å². The van der Waals surface area contributed by atoms with Crippen molar-refractivity contribution in [2.24, 2.45) is 0 Å². The number of hydrogen-bond donors (Lipinski definition) is 2. The van der Waals surface area contributed by atoms with Crippen LogP contribution in [-0.4, -0.2) is 45.9 Å². The zero-order valence-corrected chi connectivity index (χ0v) is 12.9. The van der Waals surface area contributed by atoms with Crippen LogP contribution in [-0.2, 0) is 10.2 Å². The van der Waals surface area contributed by atoms with Gasteiger partial charge in [0.2, 0.25) is 0 Å². The Balaban J connectivity index is 1.84. The van der Waals surface area contributed by atoms with Crippen molar-refractivity contribution in [3.05, 3.63) is 35.9 Å². The third-order valence-electron chi connectivity index (χ3n) is 3.63. The van der Waals surface area contributed by atoms with Gasteiger partial charge in [-0.3, -0.25) is 0 Å². The van der Waals surface area contributed by atoms with Crippen molar-refractivity contribution in [3.8, 4) is 0 Å². The molecule has 0 amide bonds. The molecule has 1 saturated carbocycles. The summed E-state index contributed by atoms with van der Waals surface area (Å²) in [5, 5.41) is 3.01. The first kappa shape index (κ1) is 15.4. The SMILES string of the molecule is CNCCCN(C)S(=O)(=O)NC1CC1c1ccccc1. The fourth-order valence-corrected chi connectivity index (χ4v) is 3.47. The summed E-state index contributed by atoms with van der Waals surface area (Å²) in [6.07, 6.45) is 1.69. The minimum atomic E-state index is -3.36. The Morgan fingerprint density at radius 2 is 2.00 bits per heavy atom. The van der Waals surface area contributed by atoms with Crippen molar-refractivity contribution in [1.82, 2.24) is 14.3 Å². The van der Waals surface area contributed by atoms with Gasteiger partial charge in [0.1, 0.15) is 0 Å². The quantitative estimate of drug-likeness (QED) is 0.701. The Hall–Kier alpha value is -0.950. The van der Waals surface area contributed by atoms with E-state index in [0.29, 0.717) is 12.5 Å². The molecule has 2 unspecified atom stereocenters. The molecule has 0 aliphatic heterocycles. The molecule has 1 aliphatic rings. The minimum absolute atomic E-state index is 0.0363. The molecular formula is C14H23N3O2S. The third-order valence-corrected chi connectivity index (χ3v) is 5.23. The molecule has 112 valence electrons.